The summed E-state index contributed by atoms with van der Waals surface area (Å²) in [6.07, 6.45) is 2.05. The number of halogens is 1. The molecule has 1 heterocycles. The van der Waals surface area contributed by atoms with E-state index < -0.39 is 10.0 Å². The number of nitrogens with zero attached hydrogens (tertiary/aromatic N) is 2. The minimum Gasteiger partial charge on any atom is -0.441 e. The molecule has 0 bridgehead atoms. The summed E-state index contributed by atoms with van der Waals surface area (Å²) in [5, 5.41) is 3.32. The molecule has 0 saturated carbocycles. The highest BCUT2D eigenvalue weighted by Crippen LogP contribution is 2.28. The van der Waals surface area contributed by atoms with Gasteiger partial charge in [-0.3, -0.25) is 4.79 Å². The quantitative estimate of drug-likeness (QED) is 0.570. The number of aromatic nitrogens is 1. The van der Waals surface area contributed by atoms with E-state index in [0.29, 0.717) is 28.7 Å². The van der Waals surface area contributed by atoms with Crippen LogP contribution in [-0.2, 0) is 27.8 Å². The van der Waals surface area contributed by atoms with Gasteiger partial charge in [0.25, 0.3) is 0 Å². The third-order valence-electron chi connectivity index (χ3n) is 4.47. The van der Waals surface area contributed by atoms with Crippen molar-refractivity contribution in [1.82, 2.24) is 14.6 Å². The number of benzene rings is 2. The van der Waals surface area contributed by atoms with Crippen molar-refractivity contribution in [2.45, 2.75) is 24.3 Å². The normalized spacial score (nSPS) is 11.6. The third-order valence-corrected chi connectivity index (χ3v) is 6.71. The Labute approximate surface area is 180 Å². The zero-order valence-corrected chi connectivity index (χ0v) is 18.2. The molecule has 9 heteroatoms. The van der Waals surface area contributed by atoms with Gasteiger partial charge in [0.15, 0.2) is 11.7 Å². The number of nitrogens with one attached hydrogen (secondary N) is 1. The number of hydrogen-bond acceptors (Lipinski definition) is 5. The molecule has 1 amide bonds. The molecule has 0 aliphatic rings. The lowest BCUT2D eigenvalue weighted by molar-refractivity contribution is -0.121. The number of carbonyl (C=O) groups is 1. The van der Waals surface area contributed by atoms with Crippen molar-refractivity contribution < 1.29 is 17.6 Å². The number of hydrogen-bond donors (Lipinski definition) is 1. The van der Waals surface area contributed by atoms with Gasteiger partial charge >= 0.3 is 0 Å². The highest BCUT2D eigenvalue weighted by Gasteiger charge is 2.20. The van der Waals surface area contributed by atoms with E-state index in [4.69, 9.17) is 16.0 Å². The van der Waals surface area contributed by atoms with Gasteiger partial charge in [0.05, 0.1) is 16.1 Å². The standard InChI is InChI=1S/C21H22ClN3O4S/c1-25(2)30(27,28)19-10-6-3-7-15(19)13-23-20(26)11-12-21-24-14-18(29-21)16-8-4-5-9-17(16)22/h3-10,14H,11-13H2,1-2H3,(H,23,26). The third kappa shape index (κ3) is 5.08. The summed E-state index contributed by atoms with van der Waals surface area (Å²) in [7, 11) is -0.651. The summed E-state index contributed by atoms with van der Waals surface area (Å²) in [6, 6.07) is 13.9. The summed E-state index contributed by atoms with van der Waals surface area (Å²) in [4.78, 5) is 16.6. The van der Waals surface area contributed by atoms with Crippen molar-refractivity contribution in [3.05, 3.63) is 71.2 Å². The maximum absolute atomic E-state index is 12.4. The summed E-state index contributed by atoms with van der Waals surface area (Å²) in [5.41, 5.74) is 1.26. The smallest absolute Gasteiger partial charge is 0.242 e. The van der Waals surface area contributed by atoms with Crippen LogP contribution in [0.15, 0.2) is 64.0 Å². The Hall–Kier alpha value is -2.68. The average molecular weight is 448 g/mol. The van der Waals surface area contributed by atoms with Crippen LogP contribution in [0, 0.1) is 0 Å². The van der Waals surface area contributed by atoms with E-state index >= 15 is 0 Å². The maximum atomic E-state index is 12.4. The van der Waals surface area contributed by atoms with E-state index in [9.17, 15) is 13.2 Å². The molecule has 158 valence electrons. The second kappa shape index (κ2) is 9.42. The highest BCUT2D eigenvalue weighted by atomic mass is 35.5. The fraction of sp³-hybridized carbons (Fsp3) is 0.238. The van der Waals surface area contributed by atoms with E-state index in [1.807, 2.05) is 18.2 Å². The average Bonchev–Trinajstić information content (AvgIpc) is 3.20. The van der Waals surface area contributed by atoms with Crippen LogP contribution >= 0.6 is 11.6 Å². The molecule has 0 atom stereocenters. The van der Waals surface area contributed by atoms with Crippen LogP contribution in [0.3, 0.4) is 0 Å². The Morgan fingerprint density at radius 3 is 2.57 bits per heavy atom. The van der Waals surface area contributed by atoms with Gasteiger partial charge in [-0.15, -0.1) is 0 Å². The minimum absolute atomic E-state index is 0.110. The molecule has 2 aromatic carbocycles. The van der Waals surface area contributed by atoms with Gasteiger partial charge in [0.2, 0.25) is 15.9 Å². The molecular formula is C21H22ClN3O4S. The zero-order chi connectivity index (χ0) is 21.7. The van der Waals surface area contributed by atoms with E-state index in [1.165, 1.54) is 20.2 Å². The Balaban J connectivity index is 1.59. The fourth-order valence-electron chi connectivity index (χ4n) is 2.81. The first-order valence-corrected chi connectivity index (χ1v) is 11.1. The summed E-state index contributed by atoms with van der Waals surface area (Å²) < 4.78 is 31.7. The van der Waals surface area contributed by atoms with Gasteiger partial charge in [-0.25, -0.2) is 17.7 Å². The predicted octanol–water partition coefficient (Wildman–Crippen LogP) is 3.49. The molecule has 0 saturated heterocycles. The summed E-state index contributed by atoms with van der Waals surface area (Å²) in [5.74, 6) is 0.735. The molecule has 0 fully saturated rings. The summed E-state index contributed by atoms with van der Waals surface area (Å²) in [6.45, 7) is 0.110. The molecule has 0 aliphatic carbocycles. The Kier molecular flexibility index (Phi) is 6.91. The van der Waals surface area contributed by atoms with Crippen molar-refractivity contribution in [2.75, 3.05) is 14.1 Å². The number of aryl methyl sites for hydroxylation is 1. The second-order valence-electron chi connectivity index (χ2n) is 6.77. The molecule has 7 nitrogen and oxygen atoms in total. The van der Waals surface area contributed by atoms with Crippen LogP contribution in [0.5, 0.6) is 0 Å². The lowest BCUT2D eigenvalue weighted by Gasteiger charge is -2.15. The molecule has 0 radical (unpaired) electrons. The van der Waals surface area contributed by atoms with Crippen molar-refractivity contribution >= 4 is 27.5 Å². The van der Waals surface area contributed by atoms with Gasteiger partial charge in [-0.05, 0) is 23.8 Å². The van der Waals surface area contributed by atoms with Crippen LogP contribution in [0.25, 0.3) is 11.3 Å². The lowest BCUT2D eigenvalue weighted by atomic mass is 10.2. The van der Waals surface area contributed by atoms with Crippen LogP contribution in [-0.4, -0.2) is 37.7 Å². The molecule has 0 aliphatic heterocycles. The number of sulfonamides is 1. The van der Waals surface area contributed by atoms with Gasteiger partial charge in [-0.1, -0.05) is 41.9 Å². The number of rotatable bonds is 8. The molecule has 1 N–H and O–H groups in total. The molecule has 3 rings (SSSR count). The van der Waals surface area contributed by atoms with Crippen molar-refractivity contribution in [2.24, 2.45) is 0 Å². The lowest BCUT2D eigenvalue weighted by Crippen LogP contribution is -2.27. The zero-order valence-electron chi connectivity index (χ0n) is 16.6. The van der Waals surface area contributed by atoms with Crippen LogP contribution < -0.4 is 5.32 Å². The predicted molar refractivity (Wildman–Crippen MR) is 114 cm³/mol. The van der Waals surface area contributed by atoms with Crippen molar-refractivity contribution in [3.63, 3.8) is 0 Å². The van der Waals surface area contributed by atoms with Crippen molar-refractivity contribution in [1.29, 1.82) is 0 Å². The topological polar surface area (TPSA) is 92.5 Å². The molecular weight excluding hydrogens is 426 g/mol. The Bertz CT molecular complexity index is 1140. The van der Waals surface area contributed by atoms with E-state index in [0.717, 1.165) is 9.87 Å². The minimum atomic E-state index is -3.59. The molecule has 0 unspecified atom stereocenters. The molecule has 30 heavy (non-hydrogen) atoms. The monoisotopic (exact) mass is 447 g/mol. The summed E-state index contributed by atoms with van der Waals surface area (Å²) >= 11 is 6.16. The van der Waals surface area contributed by atoms with Gasteiger partial charge in [-0.2, -0.15) is 0 Å². The van der Waals surface area contributed by atoms with E-state index in [-0.39, 0.29) is 23.8 Å². The highest BCUT2D eigenvalue weighted by molar-refractivity contribution is 7.89. The van der Waals surface area contributed by atoms with Crippen molar-refractivity contribution in [3.8, 4) is 11.3 Å². The first-order valence-electron chi connectivity index (χ1n) is 9.26. The first kappa shape index (κ1) is 22.0. The number of amides is 1. The van der Waals surface area contributed by atoms with E-state index in [2.05, 4.69) is 10.3 Å². The maximum Gasteiger partial charge on any atom is 0.242 e. The molecule has 0 spiro atoms. The van der Waals surface area contributed by atoms with Gasteiger partial charge in [0.1, 0.15) is 0 Å². The SMILES string of the molecule is CN(C)S(=O)(=O)c1ccccc1CNC(=O)CCc1ncc(-c2ccccc2Cl)o1. The largest absolute Gasteiger partial charge is 0.441 e. The Morgan fingerprint density at radius 1 is 1.13 bits per heavy atom. The molecule has 1 aromatic heterocycles. The Morgan fingerprint density at radius 2 is 1.83 bits per heavy atom. The fourth-order valence-corrected chi connectivity index (χ4v) is 4.16. The van der Waals surface area contributed by atoms with E-state index in [1.54, 1.807) is 30.5 Å². The number of carbonyl (C=O) groups excluding carboxylic acids is 1. The van der Waals surface area contributed by atoms with Gasteiger partial charge < -0.3 is 9.73 Å². The second-order valence-corrected chi connectivity index (χ2v) is 9.30. The molecule has 3 aromatic rings. The van der Waals surface area contributed by atoms with Crippen LogP contribution in [0.4, 0.5) is 0 Å². The van der Waals surface area contributed by atoms with Crippen LogP contribution in [0.2, 0.25) is 5.02 Å². The van der Waals surface area contributed by atoms with Gasteiger partial charge in [0, 0.05) is 39.0 Å². The van der Waals surface area contributed by atoms with Crippen LogP contribution in [0.1, 0.15) is 17.9 Å². The number of oxazole rings is 1. The first-order chi connectivity index (χ1) is 14.3.